The Bertz CT molecular complexity index is 727. The van der Waals surface area contributed by atoms with Gasteiger partial charge in [-0.3, -0.25) is 0 Å². The van der Waals surface area contributed by atoms with Gasteiger partial charge in [-0.05, 0) is 28.1 Å². The Morgan fingerprint density at radius 2 is 1.40 bits per heavy atom. The lowest BCUT2D eigenvalue weighted by Gasteiger charge is -2.04. The Morgan fingerprint density at radius 1 is 0.800 bits per heavy atom. The lowest BCUT2D eigenvalue weighted by atomic mass is 10.0. The first kappa shape index (κ1) is 12.6. The Balaban J connectivity index is 1.98. The molecular weight excluding hydrogens is 268 g/mol. The molecule has 0 spiro atoms. The van der Waals surface area contributed by atoms with Crippen molar-refractivity contribution < 1.29 is 9.90 Å². The highest BCUT2D eigenvalue weighted by molar-refractivity contribution is 7.12. The molecule has 1 heterocycles. The van der Waals surface area contributed by atoms with E-state index in [0.29, 0.717) is 4.88 Å². The van der Waals surface area contributed by atoms with Crippen molar-refractivity contribution in [3.63, 3.8) is 0 Å². The summed E-state index contributed by atoms with van der Waals surface area (Å²) in [6, 6.07) is 19.9. The van der Waals surface area contributed by atoms with Crippen molar-refractivity contribution in [2.75, 3.05) is 0 Å². The molecule has 0 aliphatic carbocycles. The van der Waals surface area contributed by atoms with Crippen LogP contribution in [0.2, 0.25) is 0 Å². The van der Waals surface area contributed by atoms with E-state index in [4.69, 9.17) is 5.11 Å². The normalized spacial score (nSPS) is 10.4. The standard InChI is InChI=1S/C17H12O2S/c18-17(19)16-15(10-11-20-16)14-8-6-13(7-9-14)12-4-2-1-3-5-12/h1-11H,(H,18,19). The second-order valence-corrected chi connectivity index (χ2v) is 5.33. The van der Waals surface area contributed by atoms with Crippen LogP contribution in [0.1, 0.15) is 9.67 Å². The van der Waals surface area contributed by atoms with Gasteiger partial charge in [0.15, 0.2) is 0 Å². The lowest BCUT2D eigenvalue weighted by Crippen LogP contribution is -1.94. The van der Waals surface area contributed by atoms with Gasteiger partial charge in [-0.15, -0.1) is 11.3 Å². The van der Waals surface area contributed by atoms with Crippen molar-refractivity contribution in [2.24, 2.45) is 0 Å². The average molecular weight is 280 g/mol. The SMILES string of the molecule is O=C(O)c1sccc1-c1ccc(-c2ccccc2)cc1. The molecular formula is C17H12O2S. The first-order valence-corrected chi connectivity index (χ1v) is 7.10. The highest BCUT2D eigenvalue weighted by Gasteiger charge is 2.13. The van der Waals surface area contributed by atoms with E-state index < -0.39 is 5.97 Å². The van der Waals surface area contributed by atoms with Crippen LogP contribution in [0.5, 0.6) is 0 Å². The summed E-state index contributed by atoms with van der Waals surface area (Å²) >= 11 is 1.25. The largest absolute Gasteiger partial charge is 0.477 e. The number of thiophene rings is 1. The fraction of sp³-hybridized carbons (Fsp3) is 0. The molecule has 1 aromatic heterocycles. The first-order chi connectivity index (χ1) is 9.75. The minimum Gasteiger partial charge on any atom is -0.477 e. The molecule has 3 rings (SSSR count). The van der Waals surface area contributed by atoms with Gasteiger partial charge in [0.1, 0.15) is 4.88 Å². The number of hydrogen-bond acceptors (Lipinski definition) is 2. The molecule has 0 saturated carbocycles. The van der Waals surface area contributed by atoms with Gasteiger partial charge < -0.3 is 5.11 Å². The number of rotatable bonds is 3. The van der Waals surface area contributed by atoms with E-state index in [1.807, 2.05) is 53.9 Å². The Labute approximate surface area is 121 Å². The summed E-state index contributed by atoms with van der Waals surface area (Å²) in [4.78, 5) is 11.5. The summed E-state index contributed by atoms with van der Waals surface area (Å²) in [5, 5.41) is 11.0. The number of aromatic carboxylic acids is 1. The van der Waals surface area contributed by atoms with Crippen LogP contribution in [-0.2, 0) is 0 Å². The zero-order valence-electron chi connectivity index (χ0n) is 10.6. The number of hydrogen-bond donors (Lipinski definition) is 1. The maximum Gasteiger partial charge on any atom is 0.346 e. The molecule has 2 nitrogen and oxygen atoms in total. The van der Waals surface area contributed by atoms with Crippen LogP contribution >= 0.6 is 11.3 Å². The minimum absolute atomic E-state index is 0.387. The molecule has 98 valence electrons. The van der Waals surface area contributed by atoms with Gasteiger partial charge in [0.05, 0.1) is 0 Å². The highest BCUT2D eigenvalue weighted by Crippen LogP contribution is 2.30. The summed E-state index contributed by atoms with van der Waals surface area (Å²) in [7, 11) is 0. The predicted octanol–water partition coefficient (Wildman–Crippen LogP) is 4.78. The summed E-state index contributed by atoms with van der Waals surface area (Å²) in [5.41, 5.74) is 4.00. The van der Waals surface area contributed by atoms with Crippen molar-refractivity contribution in [1.82, 2.24) is 0 Å². The quantitative estimate of drug-likeness (QED) is 0.749. The van der Waals surface area contributed by atoms with Gasteiger partial charge in [0, 0.05) is 5.56 Å². The third kappa shape index (κ3) is 2.36. The molecule has 3 aromatic rings. The Morgan fingerprint density at radius 3 is 2.05 bits per heavy atom. The summed E-state index contributed by atoms with van der Waals surface area (Å²) in [6.45, 7) is 0. The Kier molecular flexibility index (Phi) is 3.35. The number of carbonyl (C=O) groups is 1. The van der Waals surface area contributed by atoms with Crippen LogP contribution in [-0.4, -0.2) is 11.1 Å². The van der Waals surface area contributed by atoms with E-state index in [2.05, 4.69) is 12.1 Å². The molecule has 2 aromatic carbocycles. The first-order valence-electron chi connectivity index (χ1n) is 6.22. The topological polar surface area (TPSA) is 37.3 Å². The molecule has 0 bridgehead atoms. The van der Waals surface area contributed by atoms with Crippen LogP contribution in [0.3, 0.4) is 0 Å². The van der Waals surface area contributed by atoms with E-state index in [1.54, 1.807) is 0 Å². The molecule has 0 radical (unpaired) electrons. The van der Waals surface area contributed by atoms with Gasteiger partial charge in [-0.25, -0.2) is 4.79 Å². The summed E-state index contributed by atoms with van der Waals surface area (Å²) in [5.74, 6) is -0.873. The number of carboxylic acids is 1. The van der Waals surface area contributed by atoms with E-state index in [1.165, 1.54) is 11.3 Å². The third-order valence-corrected chi connectivity index (χ3v) is 4.06. The van der Waals surface area contributed by atoms with Crippen LogP contribution in [0.15, 0.2) is 66.0 Å². The van der Waals surface area contributed by atoms with Crippen molar-refractivity contribution >= 4 is 17.3 Å². The maximum absolute atomic E-state index is 11.2. The highest BCUT2D eigenvalue weighted by atomic mass is 32.1. The minimum atomic E-state index is -0.873. The number of carboxylic acid groups (broad SMARTS) is 1. The maximum atomic E-state index is 11.2. The smallest absolute Gasteiger partial charge is 0.346 e. The zero-order chi connectivity index (χ0) is 13.9. The molecule has 1 N–H and O–H groups in total. The molecule has 0 aliphatic rings. The van der Waals surface area contributed by atoms with Crippen molar-refractivity contribution in [1.29, 1.82) is 0 Å². The molecule has 3 heteroatoms. The fourth-order valence-corrected chi connectivity index (χ4v) is 2.93. The predicted molar refractivity (Wildman–Crippen MR) is 82.2 cm³/mol. The van der Waals surface area contributed by atoms with Crippen molar-refractivity contribution in [3.8, 4) is 22.3 Å². The van der Waals surface area contributed by atoms with E-state index in [0.717, 1.165) is 22.3 Å². The van der Waals surface area contributed by atoms with Gasteiger partial charge in [0.2, 0.25) is 0 Å². The summed E-state index contributed by atoms with van der Waals surface area (Å²) < 4.78 is 0. The third-order valence-electron chi connectivity index (χ3n) is 3.16. The number of benzene rings is 2. The fourth-order valence-electron chi connectivity index (χ4n) is 2.18. The molecule has 0 aliphatic heterocycles. The zero-order valence-corrected chi connectivity index (χ0v) is 11.4. The van der Waals surface area contributed by atoms with Gasteiger partial charge in [-0.2, -0.15) is 0 Å². The molecule has 0 saturated heterocycles. The molecule has 0 fully saturated rings. The second-order valence-electron chi connectivity index (χ2n) is 4.41. The molecule has 0 unspecified atom stereocenters. The van der Waals surface area contributed by atoms with E-state index in [-0.39, 0.29) is 0 Å². The van der Waals surface area contributed by atoms with Crippen molar-refractivity contribution in [2.45, 2.75) is 0 Å². The molecule has 20 heavy (non-hydrogen) atoms. The van der Waals surface area contributed by atoms with Gasteiger partial charge in [0.25, 0.3) is 0 Å². The lowest BCUT2D eigenvalue weighted by molar-refractivity contribution is 0.0703. The Hall–Kier alpha value is -2.39. The van der Waals surface area contributed by atoms with Gasteiger partial charge >= 0.3 is 5.97 Å². The van der Waals surface area contributed by atoms with Crippen LogP contribution in [0.4, 0.5) is 0 Å². The second kappa shape index (κ2) is 5.31. The van der Waals surface area contributed by atoms with E-state index in [9.17, 15) is 4.79 Å². The molecule has 0 amide bonds. The molecule has 0 atom stereocenters. The van der Waals surface area contributed by atoms with Crippen LogP contribution in [0, 0.1) is 0 Å². The summed E-state index contributed by atoms with van der Waals surface area (Å²) in [6.07, 6.45) is 0. The van der Waals surface area contributed by atoms with Gasteiger partial charge in [-0.1, -0.05) is 54.6 Å². The van der Waals surface area contributed by atoms with E-state index >= 15 is 0 Å². The monoisotopic (exact) mass is 280 g/mol. The van der Waals surface area contributed by atoms with Crippen LogP contribution < -0.4 is 0 Å². The van der Waals surface area contributed by atoms with Crippen molar-refractivity contribution in [3.05, 3.63) is 70.9 Å². The van der Waals surface area contributed by atoms with Crippen LogP contribution in [0.25, 0.3) is 22.3 Å². The average Bonchev–Trinajstić information content (AvgIpc) is 2.98.